The van der Waals surface area contributed by atoms with Crippen LogP contribution in [0.4, 0.5) is 0 Å². The van der Waals surface area contributed by atoms with Crippen LogP contribution < -0.4 is 12.4 Å². The Bertz CT molecular complexity index is 763. The molecule has 0 atom stereocenters. The second-order valence-electron chi connectivity index (χ2n) is 4.63. The van der Waals surface area contributed by atoms with Crippen molar-refractivity contribution < 1.29 is 17.2 Å². The van der Waals surface area contributed by atoms with Gasteiger partial charge in [-0.15, -0.1) is 0 Å². The summed E-state index contributed by atoms with van der Waals surface area (Å²) in [5.41, 5.74) is 4.01. The first-order valence-corrected chi connectivity index (χ1v) is 6.22. The Labute approximate surface area is 123 Å². The van der Waals surface area contributed by atoms with Crippen LogP contribution in [-0.4, -0.2) is 15.2 Å². The summed E-state index contributed by atoms with van der Waals surface area (Å²) in [6.07, 6.45) is 1.89. The number of carbonyl (C=O) groups excluding carboxylic acids is 1. The van der Waals surface area contributed by atoms with Gasteiger partial charge in [0.2, 0.25) is 5.78 Å². The highest BCUT2D eigenvalue weighted by molar-refractivity contribution is 6.09. The molecule has 0 aliphatic heterocycles. The smallest absolute Gasteiger partial charge is 0.211 e. The first kappa shape index (κ1) is 14.3. The maximum absolute atomic E-state index is 12.6. The summed E-state index contributed by atoms with van der Waals surface area (Å²) in [5.74, 6) is 0.0104. The van der Waals surface area contributed by atoms with E-state index in [1.54, 1.807) is 0 Å². The number of halogens is 1. The molecule has 1 aromatic carbocycles. The molecule has 0 aliphatic rings. The van der Waals surface area contributed by atoms with E-state index in [9.17, 15) is 4.79 Å². The Morgan fingerprint density at radius 3 is 2.45 bits per heavy atom. The Balaban J connectivity index is 0.00000147. The number of hydrogen-bond acceptors (Lipinski definition) is 2. The lowest BCUT2D eigenvalue weighted by atomic mass is 10.1. The molecule has 0 N–H and O–H groups in total. The monoisotopic (exact) mass is 285 g/mol. The summed E-state index contributed by atoms with van der Waals surface area (Å²) in [6.45, 7) is 3.88. The van der Waals surface area contributed by atoms with Crippen molar-refractivity contribution in [2.45, 2.75) is 13.8 Å². The van der Waals surface area contributed by atoms with Crippen molar-refractivity contribution in [3.05, 3.63) is 71.2 Å². The minimum absolute atomic E-state index is 0. The molecule has 3 nitrogen and oxygen atoms in total. The molecule has 0 saturated heterocycles. The predicted molar refractivity (Wildman–Crippen MR) is 74.5 cm³/mol. The maximum atomic E-state index is 12.6. The molecule has 102 valence electrons. The molecule has 0 spiro atoms. The number of ketones is 1. The molecule has 0 bridgehead atoms. The topological polar surface area (TPSA) is 34.4 Å². The normalized spacial score (nSPS) is 10.3. The van der Waals surface area contributed by atoms with Crippen LogP contribution in [-0.2, 0) is 0 Å². The van der Waals surface area contributed by atoms with Crippen LogP contribution >= 0.6 is 0 Å². The van der Waals surface area contributed by atoms with Crippen molar-refractivity contribution in [2.75, 3.05) is 0 Å². The van der Waals surface area contributed by atoms with E-state index in [0.717, 1.165) is 16.9 Å². The molecule has 2 aromatic heterocycles. The molecular formula is C16H14ClN2O-. The molecule has 0 fully saturated rings. The van der Waals surface area contributed by atoms with Gasteiger partial charge in [0.15, 0.2) is 0 Å². The quantitative estimate of drug-likeness (QED) is 0.630. The van der Waals surface area contributed by atoms with Crippen molar-refractivity contribution in [1.29, 1.82) is 0 Å². The summed E-state index contributed by atoms with van der Waals surface area (Å²) in [5, 5.41) is 0. The summed E-state index contributed by atoms with van der Waals surface area (Å²) in [7, 11) is 0. The summed E-state index contributed by atoms with van der Waals surface area (Å²) in [4.78, 5) is 17.1. The van der Waals surface area contributed by atoms with Crippen LogP contribution in [0.2, 0.25) is 0 Å². The number of pyridine rings is 1. The van der Waals surface area contributed by atoms with Gasteiger partial charge >= 0.3 is 0 Å². The minimum atomic E-state index is 0. The second kappa shape index (κ2) is 5.47. The van der Waals surface area contributed by atoms with Crippen molar-refractivity contribution >= 4 is 11.4 Å². The van der Waals surface area contributed by atoms with Gasteiger partial charge in [0.05, 0.1) is 5.69 Å². The fourth-order valence-electron chi connectivity index (χ4n) is 2.32. The van der Waals surface area contributed by atoms with Crippen LogP contribution in [0.1, 0.15) is 27.3 Å². The summed E-state index contributed by atoms with van der Waals surface area (Å²) in [6, 6.07) is 13.2. The third kappa shape index (κ3) is 2.21. The highest BCUT2D eigenvalue weighted by atomic mass is 35.5. The number of aromatic nitrogens is 2. The van der Waals surface area contributed by atoms with Crippen LogP contribution in [0.5, 0.6) is 0 Å². The van der Waals surface area contributed by atoms with Gasteiger partial charge in [0, 0.05) is 11.8 Å². The zero-order valence-corrected chi connectivity index (χ0v) is 12.1. The van der Waals surface area contributed by atoms with Crippen LogP contribution in [0.25, 0.3) is 5.65 Å². The Hall–Kier alpha value is -2.13. The Morgan fingerprint density at radius 1 is 1.05 bits per heavy atom. The first-order valence-electron chi connectivity index (χ1n) is 6.22. The third-order valence-corrected chi connectivity index (χ3v) is 3.27. The van der Waals surface area contributed by atoms with Crippen molar-refractivity contribution in [3.63, 3.8) is 0 Å². The van der Waals surface area contributed by atoms with Gasteiger partial charge in [0.1, 0.15) is 11.3 Å². The van der Waals surface area contributed by atoms with E-state index in [0.29, 0.717) is 11.3 Å². The molecule has 0 saturated carbocycles. The van der Waals surface area contributed by atoms with E-state index in [1.165, 1.54) is 0 Å². The predicted octanol–water partition coefficient (Wildman–Crippen LogP) is 0.186. The van der Waals surface area contributed by atoms with Crippen LogP contribution in [0.15, 0.2) is 48.7 Å². The highest BCUT2D eigenvalue weighted by Crippen LogP contribution is 2.18. The van der Waals surface area contributed by atoms with Gasteiger partial charge in [-0.3, -0.25) is 9.20 Å². The third-order valence-electron chi connectivity index (χ3n) is 3.27. The molecule has 3 rings (SSSR count). The zero-order chi connectivity index (χ0) is 13.4. The summed E-state index contributed by atoms with van der Waals surface area (Å²) >= 11 is 0. The van der Waals surface area contributed by atoms with Gasteiger partial charge in [-0.1, -0.05) is 36.4 Å². The lowest BCUT2D eigenvalue weighted by molar-refractivity contribution is -0.0000114. The molecule has 3 aromatic rings. The van der Waals surface area contributed by atoms with Gasteiger partial charge in [-0.2, -0.15) is 0 Å². The minimum Gasteiger partial charge on any atom is -1.00 e. The molecule has 0 aliphatic carbocycles. The van der Waals surface area contributed by atoms with E-state index in [1.807, 2.05) is 66.9 Å². The van der Waals surface area contributed by atoms with Crippen LogP contribution in [0.3, 0.4) is 0 Å². The summed E-state index contributed by atoms with van der Waals surface area (Å²) < 4.78 is 1.88. The molecule has 0 radical (unpaired) electrons. The molecule has 2 heterocycles. The van der Waals surface area contributed by atoms with Crippen molar-refractivity contribution in [2.24, 2.45) is 0 Å². The van der Waals surface area contributed by atoms with E-state index >= 15 is 0 Å². The number of hydrogen-bond donors (Lipinski definition) is 0. The van der Waals surface area contributed by atoms with E-state index in [-0.39, 0.29) is 18.2 Å². The fourth-order valence-corrected chi connectivity index (χ4v) is 2.32. The number of benzene rings is 1. The zero-order valence-electron chi connectivity index (χ0n) is 11.3. The first-order chi connectivity index (χ1) is 9.18. The lowest BCUT2D eigenvalue weighted by Crippen LogP contribution is -3.00. The SMILES string of the molecule is Cc1nc2c(C)cccn2c1C(=O)c1ccccc1.[Cl-]. The average molecular weight is 286 g/mol. The number of fused-ring (bicyclic) bond motifs is 1. The second-order valence-corrected chi connectivity index (χ2v) is 4.63. The lowest BCUT2D eigenvalue weighted by Gasteiger charge is -2.03. The number of imidazole rings is 1. The fraction of sp³-hybridized carbons (Fsp3) is 0.125. The number of carbonyl (C=O) groups is 1. The molecule has 0 amide bonds. The number of aryl methyl sites for hydroxylation is 2. The molecule has 4 heteroatoms. The van der Waals surface area contributed by atoms with E-state index in [4.69, 9.17) is 0 Å². The number of nitrogens with zero attached hydrogens (tertiary/aromatic N) is 2. The van der Waals surface area contributed by atoms with Crippen LogP contribution in [0, 0.1) is 13.8 Å². The average Bonchev–Trinajstić information content (AvgIpc) is 2.77. The van der Waals surface area contributed by atoms with E-state index < -0.39 is 0 Å². The molecular weight excluding hydrogens is 272 g/mol. The maximum Gasteiger partial charge on any atom is 0.211 e. The van der Waals surface area contributed by atoms with Gasteiger partial charge in [0.25, 0.3) is 0 Å². The molecule has 0 unspecified atom stereocenters. The van der Waals surface area contributed by atoms with Gasteiger partial charge in [-0.25, -0.2) is 4.98 Å². The largest absolute Gasteiger partial charge is 1.00 e. The van der Waals surface area contributed by atoms with Gasteiger partial charge < -0.3 is 12.4 Å². The van der Waals surface area contributed by atoms with Gasteiger partial charge in [-0.05, 0) is 25.5 Å². The van der Waals surface area contributed by atoms with Crippen molar-refractivity contribution in [1.82, 2.24) is 9.38 Å². The van der Waals surface area contributed by atoms with Crippen molar-refractivity contribution in [3.8, 4) is 0 Å². The highest BCUT2D eigenvalue weighted by Gasteiger charge is 2.18. The Morgan fingerprint density at radius 2 is 1.75 bits per heavy atom. The molecule has 20 heavy (non-hydrogen) atoms. The standard InChI is InChI=1S/C16H14N2O.ClH/c1-11-7-6-10-18-14(12(2)17-16(11)18)15(19)13-8-4-3-5-9-13;/h3-10H,1-2H3;1H/p-1. The number of rotatable bonds is 2. The Kier molecular flexibility index (Phi) is 3.91. The van der Waals surface area contributed by atoms with E-state index in [2.05, 4.69) is 4.98 Å².